The molecule has 6 heteroatoms. The molecule has 2 aromatic carbocycles. The van der Waals surface area contributed by atoms with E-state index in [1.165, 1.54) is 33.3 Å². The SMILES string of the molecule is COc1ccc(CC2NCCc3c2[nH]c2c(Br)cc(C)cc32)cc1OC.Cl. The van der Waals surface area contributed by atoms with Gasteiger partial charge in [0.05, 0.1) is 25.8 Å². The van der Waals surface area contributed by atoms with Gasteiger partial charge in [-0.05, 0) is 83.2 Å². The van der Waals surface area contributed by atoms with Crippen LogP contribution in [0.5, 0.6) is 11.5 Å². The topological polar surface area (TPSA) is 46.3 Å². The second-order valence-electron chi connectivity index (χ2n) is 6.84. The molecular formula is C21H24BrClN2O2. The van der Waals surface area contributed by atoms with Crippen molar-refractivity contribution in [2.24, 2.45) is 0 Å². The van der Waals surface area contributed by atoms with Gasteiger partial charge < -0.3 is 19.8 Å². The summed E-state index contributed by atoms with van der Waals surface area (Å²) >= 11 is 3.71. The Morgan fingerprint density at radius 3 is 2.63 bits per heavy atom. The highest BCUT2D eigenvalue weighted by Crippen LogP contribution is 2.36. The van der Waals surface area contributed by atoms with E-state index in [2.05, 4.69) is 57.4 Å². The molecule has 0 aliphatic carbocycles. The van der Waals surface area contributed by atoms with Crippen molar-refractivity contribution < 1.29 is 9.47 Å². The van der Waals surface area contributed by atoms with Gasteiger partial charge in [-0.2, -0.15) is 0 Å². The van der Waals surface area contributed by atoms with Crippen LogP contribution in [0.25, 0.3) is 10.9 Å². The number of halogens is 2. The second-order valence-corrected chi connectivity index (χ2v) is 7.69. The maximum absolute atomic E-state index is 5.45. The summed E-state index contributed by atoms with van der Waals surface area (Å²) in [5.74, 6) is 1.54. The first kappa shape index (κ1) is 20.1. The molecular weight excluding hydrogens is 428 g/mol. The minimum absolute atomic E-state index is 0. The number of aryl methyl sites for hydroxylation is 1. The summed E-state index contributed by atoms with van der Waals surface area (Å²) in [4.78, 5) is 3.67. The summed E-state index contributed by atoms with van der Waals surface area (Å²) in [5.41, 5.74) is 6.44. The van der Waals surface area contributed by atoms with E-state index in [1.807, 2.05) is 6.07 Å². The maximum Gasteiger partial charge on any atom is 0.160 e. The molecule has 3 aromatic rings. The van der Waals surface area contributed by atoms with Gasteiger partial charge in [-0.3, -0.25) is 0 Å². The van der Waals surface area contributed by atoms with E-state index in [9.17, 15) is 0 Å². The number of hydrogen-bond acceptors (Lipinski definition) is 3. The van der Waals surface area contributed by atoms with Crippen molar-refractivity contribution >= 4 is 39.2 Å². The van der Waals surface area contributed by atoms with Crippen LogP contribution in [0.1, 0.15) is 28.4 Å². The highest BCUT2D eigenvalue weighted by Gasteiger charge is 2.25. The van der Waals surface area contributed by atoms with E-state index in [0.717, 1.165) is 35.4 Å². The van der Waals surface area contributed by atoms with Gasteiger partial charge in [-0.15, -0.1) is 12.4 Å². The molecule has 27 heavy (non-hydrogen) atoms. The molecule has 0 bridgehead atoms. The molecule has 4 rings (SSSR count). The van der Waals surface area contributed by atoms with Gasteiger partial charge >= 0.3 is 0 Å². The van der Waals surface area contributed by atoms with Crippen molar-refractivity contribution in [3.8, 4) is 11.5 Å². The number of aromatic amines is 1. The van der Waals surface area contributed by atoms with Crippen molar-refractivity contribution in [2.45, 2.75) is 25.8 Å². The predicted octanol–water partition coefficient (Wildman–Crippen LogP) is 5.11. The van der Waals surface area contributed by atoms with Crippen LogP contribution in [-0.4, -0.2) is 25.7 Å². The zero-order valence-electron chi connectivity index (χ0n) is 15.7. The molecule has 1 unspecified atom stereocenters. The number of hydrogen-bond donors (Lipinski definition) is 2. The predicted molar refractivity (Wildman–Crippen MR) is 116 cm³/mol. The Labute approximate surface area is 174 Å². The Kier molecular flexibility index (Phi) is 6.04. The molecule has 1 aromatic heterocycles. The van der Waals surface area contributed by atoms with Gasteiger partial charge in [0.2, 0.25) is 0 Å². The van der Waals surface area contributed by atoms with Crippen LogP contribution < -0.4 is 14.8 Å². The lowest BCUT2D eigenvalue weighted by Crippen LogP contribution is -2.31. The Balaban J connectivity index is 0.00000210. The number of rotatable bonds is 4. The number of fused-ring (bicyclic) bond motifs is 3. The Morgan fingerprint density at radius 1 is 1.11 bits per heavy atom. The molecule has 4 nitrogen and oxygen atoms in total. The van der Waals surface area contributed by atoms with Gasteiger partial charge in [0.25, 0.3) is 0 Å². The van der Waals surface area contributed by atoms with Crippen molar-refractivity contribution in [1.82, 2.24) is 10.3 Å². The van der Waals surface area contributed by atoms with Gasteiger partial charge in [0.15, 0.2) is 11.5 Å². The lowest BCUT2D eigenvalue weighted by atomic mass is 9.94. The van der Waals surface area contributed by atoms with Gasteiger partial charge in [-0.25, -0.2) is 0 Å². The van der Waals surface area contributed by atoms with Crippen molar-refractivity contribution in [2.75, 3.05) is 20.8 Å². The summed E-state index contributed by atoms with van der Waals surface area (Å²) in [6.45, 7) is 3.13. The molecule has 0 saturated heterocycles. The minimum Gasteiger partial charge on any atom is -0.493 e. The van der Waals surface area contributed by atoms with Gasteiger partial charge in [-0.1, -0.05) is 6.07 Å². The summed E-state index contributed by atoms with van der Waals surface area (Å²) in [6.07, 6.45) is 1.95. The van der Waals surface area contributed by atoms with E-state index in [4.69, 9.17) is 9.47 Å². The molecule has 2 heterocycles. The van der Waals surface area contributed by atoms with Crippen LogP contribution in [0.3, 0.4) is 0 Å². The number of ether oxygens (including phenoxy) is 2. The quantitative estimate of drug-likeness (QED) is 0.579. The summed E-state index contributed by atoms with van der Waals surface area (Å²) in [5, 5.41) is 5.00. The second kappa shape index (κ2) is 8.13. The van der Waals surface area contributed by atoms with E-state index >= 15 is 0 Å². The van der Waals surface area contributed by atoms with Crippen molar-refractivity contribution in [1.29, 1.82) is 0 Å². The van der Waals surface area contributed by atoms with Gasteiger partial charge in [0, 0.05) is 15.6 Å². The molecule has 0 spiro atoms. The number of methoxy groups -OCH3 is 2. The number of benzene rings is 2. The smallest absolute Gasteiger partial charge is 0.160 e. The summed E-state index contributed by atoms with van der Waals surface area (Å²) in [7, 11) is 3.34. The van der Waals surface area contributed by atoms with E-state index in [0.29, 0.717) is 0 Å². The highest BCUT2D eigenvalue weighted by atomic mass is 79.9. The van der Waals surface area contributed by atoms with Crippen LogP contribution in [0.15, 0.2) is 34.8 Å². The number of aromatic nitrogens is 1. The zero-order valence-corrected chi connectivity index (χ0v) is 18.1. The fraction of sp³-hybridized carbons (Fsp3) is 0.333. The summed E-state index contributed by atoms with van der Waals surface area (Å²) in [6, 6.07) is 10.9. The fourth-order valence-corrected chi connectivity index (χ4v) is 4.59. The van der Waals surface area contributed by atoms with Crippen LogP contribution in [0.2, 0.25) is 0 Å². The van der Waals surface area contributed by atoms with Crippen LogP contribution in [0.4, 0.5) is 0 Å². The van der Waals surface area contributed by atoms with Crippen LogP contribution >= 0.6 is 28.3 Å². The molecule has 0 saturated carbocycles. The molecule has 2 N–H and O–H groups in total. The molecule has 0 radical (unpaired) electrons. The summed E-state index contributed by atoms with van der Waals surface area (Å²) < 4.78 is 11.9. The normalized spacial score (nSPS) is 15.9. The zero-order chi connectivity index (χ0) is 18.3. The molecule has 1 aliphatic heterocycles. The number of H-pyrrole nitrogens is 1. The van der Waals surface area contributed by atoms with E-state index in [1.54, 1.807) is 14.2 Å². The Hall–Kier alpha value is -1.69. The Bertz CT molecular complexity index is 970. The minimum atomic E-state index is 0. The first-order valence-corrected chi connectivity index (χ1v) is 9.65. The average Bonchev–Trinajstić information content (AvgIpc) is 3.02. The molecule has 1 aliphatic rings. The third-order valence-electron chi connectivity index (χ3n) is 5.15. The average molecular weight is 452 g/mol. The maximum atomic E-state index is 5.45. The molecule has 144 valence electrons. The van der Waals surface area contributed by atoms with Crippen LogP contribution in [0, 0.1) is 6.92 Å². The first-order chi connectivity index (χ1) is 12.6. The fourth-order valence-electron chi connectivity index (χ4n) is 3.92. The van der Waals surface area contributed by atoms with Crippen molar-refractivity contribution in [3.63, 3.8) is 0 Å². The van der Waals surface area contributed by atoms with Gasteiger partial charge in [0.1, 0.15) is 0 Å². The van der Waals surface area contributed by atoms with Crippen LogP contribution in [-0.2, 0) is 12.8 Å². The standard InChI is InChI=1S/C21H23BrN2O2.ClH/c1-12-8-15-14-6-7-23-17(21(14)24-20(15)16(22)9-12)10-13-4-5-18(25-2)19(11-13)26-3;/h4-5,8-9,11,17,23-24H,6-7,10H2,1-3H3;1H. The molecule has 0 amide bonds. The third-order valence-corrected chi connectivity index (χ3v) is 5.77. The Morgan fingerprint density at radius 2 is 1.89 bits per heavy atom. The highest BCUT2D eigenvalue weighted by molar-refractivity contribution is 9.10. The monoisotopic (exact) mass is 450 g/mol. The molecule has 1 atom stereocenters. The largest absolute Gasteiger partial charge is 0.493 e. The third kappa shape index (κ3) is 3.68. The number of nitrogens with one attached hydrogen (secondary N) is 2. The molecule has 0 fully saturated rings. The van der Waals surface area contributed by atoms with E-state index < -0.39 is 0 Å². The lowest BCUT2D eigenvalue weighted by Gasteiger charge is -2.25. The first-order valence-electron chi connectivity index (χ1n) is 8.85. The lowest BCUT2D eigenvalue weighted by molar-refractivity contribution is 0.354. The van der Waals surface area contributed by atoms with E-state index in [-0.39, 0.29) is 18.4 Å². The van der Waals surface area contributed by atoms with Crippen molar-refractivity contribution in [3.05, 3.63) is 57.2 Å².